The van der Waals surface area contributed by atoms with Gasteiger partial charge < -0.3 is 14.9 Å². The number of carbonyl (C=O) groups is 1. The van der Waals surface area contributed by atoms with Crippen molar-refractivity contribution in [2.75, 3.05) is 40.8 Å². The van der Waals surface area contributed by atoms with E-state index in [0.29, 0.717) is 5.56 Å². The molecule has 20 heavy (non-hydrogen) atoms. The highest BCUT2D eigenvalue weighted by atomic mass is 16.2. The Hall–Kier alpha value is -1.83. The zero-order valence-electron chi connectivity index (χ0n) is 12.4. The lowest BCUT2D eigenvalue weighted by Crippen LogP contribution is -2.29. The van der Waals surface area contributed by atoms with E-state index >= 15 is 0 Å². The Balaban J connectivity index is 2.66. The Morgan fingerprint density at radius 2 is 2.00 bits per heavy atom. The lowest BCUT2D eigenvalue weighted by atomic mass is 10.1. The van der Waals surface area contributed by atoms with Crippen LogP contribution in [0.2, 0.25) is 0 Å². The Morgan fingerprint density at radius 3 is 2.65 bits per heavy atom. The van der Waals surface area contributed by atoms with Crippen LogP contribution in [0.5, 0.6) is 0 Å². The van der Waals surface area contributed by atoms with Crippen LogP contribution in [0.15, 0.2) is 24.3 Å². The molecule has 0 unspecified atom stereocenters. The lowest BCUT2D eigenvalue weighted by molar-refractivity contribution is 0.0790. The molecular formula is C16H22N2O2. The van der Waals surface area contributed by atoms with Crippen molar-refractivity contribution < 1.29 is 9.90 Å². The predicted octanol–water partition coefficient (Wildman–Crippen LogP) is 1.05. The first kappa shape index (κ1) is 16.2. The first-order valence-corrected chi connectivity index (χ1v) is 6.64. The molecular weight excluding hydrogens is 252 g/mol. The van der Waals surface area contributed by atoms with Crippen molar-refractivity contribution in [2.24, 2.45) is 0 Å². The van der Waals surface area contributed by atoms with Gasteiger partial charge in [-0.2, -0.15) is 0 Å². The summed E-state index contributed by atoms with van der Waals surface area (Å²) in [6.45, 7) is 1.51. The number of amides is 1. The summed E-state index contributed by atoms with van der Waals surface area (Å²) >= 11 is 0. The monoisotopic (exact) mass is 274 g/mol. The van der Waals surface area contributed by atoms with Gasteiger partial charge in [0.1, 0.15) is 6.61 Å². The molecule has 4 nitrogen and oxygen atoms in total. The minimum absolute atomic E-state index is 0.00333. The third-order valence-corrected chi connectivity index (χ3v) is 2.87. The predicted molar refractivity (Wildman–Crippen MR) is 80.5 cm³/mol. The molecule has 0 aromatic heterocycles. The number of hydrogen-bond acceptors (Lipinski definition) is 3. The first-order valence-electron chi connectivity index (χ1n) is 6.64. The van der Waals surface area contributed by atoms with Crippen molar-refractivity contribution >= 4 is 5.91 Å². The number of carbonyl (C=O) groups excluding carboxylic acids is 1. The molecule has 0 radical (unpaired) electrons. The molecule has 1 rings (SSSR count). The van der Waals surface area contributed by atoms with Gasteiger partial charge in [-0.1, -0.05) is 17.9 Å². The van der Waals surface area contributed by atoms with E-state index in [0.717, 1.165) is 25.1 Å². The van der Waals surface area contributed by atoms with E-state index in [2.05, 4.69) is 16.7 Å². The molecule has 0 atom stereocenters. The van der Waals surface area contributed by atoms with E-state index < -0.39 is 0 Å². The lowest BCUT2D eigenvalue weighted by Gasteiger charge is -2.18. The van der Waals surface area contributed by atoms with Gasteiger partial charge in [-0.3, -0.25) is 4.79 Å². The van der Waals surface area contributed by atoms with Gasteiger partial charge >= 0.3 is 0 Å². The summed E-state index contributed by atoms with van der Waals surface area (Å²) in [6, 6.07) is 7.18. The second-order valence-electron chi connectivity index (χ2n) is 4.92. The highest BCUT2D eigenvalue weighted by Crippen LogP contribution is 2.07. The van der Waals surface area contributed by atoms with Gasteiger partial charge in [-0.25, -0.2) is 0 Å². The Bertz CT molecular complexity index is 501. The average molecular weight is 274 g/mol. The summed E-state index contributed by atoms with van der Waals surface area (Å²) in [7, 11) is 5.85. The number of benzene rings is 1. The number of nitrogens with zero attached hydrogens (tertiary/aromatic N) is 2. The standard InChI is InChI=1S/C16H22N2O2/c1-17(2)10-6-11-18(3)16(20)15-9-4-7-14(13-15)8-5-12-19/h4,7,9,13,19H,6,10-12H2,1-3H3. The number of hydrogen-bond donors (Lipinski definition) is 1. The SMILES string of the molecule is CN(C)CCCN(C)C(=O)c1cccc(C#CCO)c1. The van der Waals surface area contributed by atoms with Crippen LogP contribution in [-0.4, -0.2) is 61.7 Å². The quantitative estimate of drug-likeness (QED) is 0.816. The highest BCUT2D eigenvalue weighted by Gasteiger charge is 2.11. The van der Waals surface area contributed by atoms with Crippen LogP contribution in [0.3, 0.4) is 0 Å². The maximum absolute atomic E-state index is 12.3. The molecule has 0 spiro atoms. The van der Waals surface area contributed by atoms with E-state index in [1.165, 1.54) is 0 Å². The molecule has 1 amide bonds. The molecule has 1 aromatic rings. The summed E-state index contributed by atoms with van der Waals surface area (Å²) in [5.41, 5.74) is 1.37. The van der Waals surface area contributed by atoms with Crippen LogP contribution >= 0.6 is 0 Å². The van der Waals surface area contributed by atoms with Crippen LogP contribution in [0.25, 0.3) is 0 Å². The van der Waals surface area contributed by atoms with E-state index in [9.17, 15) is 4.79 Å². The molecule has 0 aliphatic carbocycles. The molecule has 1 N–H and O–H groups in total. The van der Waals surface area contributed by atoms with Crippen LogP contribution in [0, 0.1) is 11.8 Å². The zero-order chi connectivity index (χ0) is 15.0. The minimum Gasteiger partial charge on any atom is -0.384 e. The third kappa shape index (κ3) is 5.43. The fourth-order valence-electron chi connectivity index (χ4n) is 1.82. The molecule has 0 saturated heterocycles. The maximum atomic E-state index is 12.3. The van der Waals surface area contributed by atoms with Gasteiger partial charge in [0.05, 0.1) is 0 Å². The van der Waals surface area contributed by atoms with Gasteiger partial charge in [-0.15, -0.1) is 0 Å². The van der Waals surface area contributed by atoms with Crippen molar-refractivity contribution in [3.8, 4) is 11.8 Å². The summed E-state index contributed by atoms with van der Waals surface area (Å²) in [5.74, 6) is 5.39. The molecule has 0 aliphatic rings. The van der Waals surface area contributed by atoms with E-state index in [4.69, 9.17) is 5.11 Å². The van der Waals surface area contributed by atoms with E-state index in [1.807, 2.05) is 33.3 Å². The smallest absolute Gasteiger partial charge is 0.253 e. The van der Waals surface area contributed by atoms with Crippen molar-refractivity contribution in [1.29, 1.82) is 0 Å². The van der Waals surface area contributed by atoms with Crippen molar-refractivity contribution in [3.63, 3.8) is 0 Å². The maximum Gasteiger partial charge on any atom is 0.253 e. The largest absolute Gasteiger partial charge is 0.384 e. The number of aliphatic hydroxyl groups is 1. The van der Waals surface area contributed by atoms with Crippen molar-refractivity contribution in [2.45, 2.75) is 6.42 Å². The number of rotatable bonds is 5. The fraction of sp³-hybridized carbons (Fsp3) is 0.438. The zero-order valence-corrected chi connectivity index (χ0v) is 12.4. The van der Waals surface area contributed by atoms with Gasteiger partial charge in [0.15, 0.2) is 0 Å². The summed E-state index contributed by atoms with van der Waals surface area (Å²) in [6.07, 6.45) is 0.944. The molecule has 108 valence electrons. The van der Waals surface area contributed by atoms with Crippen molar-refractivity contribution in [3.05, 3.63) is 35.4 Å². The van der Waals surface area contributed by atoms with Gasteiger partial charge in [0, 0.05) is 24.7 Å². The third-order valence-electron chi connectivity index (χ3n) is 2.87. The normalized spacial score (nSPS) is 10.1. The van der Waals surface area contributed by atoms with E-state index in [-0.39, 0.29) is 12.5 Å². The summed E-state index contributed by atoms with van der Waals surface area (Å²) in [5, 5.41) is 8.68. The highest BCUT2D eigenvalue weighted by molar-refractivity contribution is 5.94. The Morgan fingerprint density at radius 1 is 1.25 bits per heavy atom. The first-order chi connectivity index (χ1) is 9.54. The minimum atomic E-state index is -0.178. The Labute approximate surface area is 121 Å². The number of aliphatic hydroxyl groups excluding tert-OH is 1. The molecule has 0 fully saturated rings. The molecule has 0 heterocycles. The molecule has 0 saturated carbocycles. The van der Waals surface area contributed by atoms with Gasteiger partial charge in [0.2, 0.25) is 0 Å². The molecule has 1 aromatic carbocycles. The van der Waals surface area contributed by atoms with E-state index in [1.54, 1.807) is 17.0 Å². The second-order valence-corrected chi connectivity index (χ2v) is 4.92. The van der Waals surface area contributed by atoms with Gasteiger partial charge in [0.25, 0.3) is 5.91 Å². The summed E-state index contributed by atoms with van der Waals surface area (Å²) < 4.78 is 0. The average Bonchev–Trinajstić information content (AvgIpc) is 2.44. The molecule has 0 bridgehead atoms. The summed E-state index contributed by atoms with van der Waals surface area (Å²) in [4.78, 5) is 16.1. The topological polar surface area (TPSA) is 43.8 Å². The Kier molecular flexibility index (Phi) is 6.78. The van der Waals surface area contributed by atoms with Crippen LogP contribution in [0.1, 0.15) is 22.3 Å². The molecule has 0 aliphatic heterocycles. The van der Waals surface area contributed by atoms with Crippen LogP contribution in [0.4, 0.5) is 0 Å². The van der Waals surface area contributed by atoms with Crippen LogP contribution < -0.4 is 0 Å². The van der Waals surface area contributed by atoms with Crippen molar-refractivity contribution in [1.82, 2.24) is 9.80 Å². The fourth-order valence-corrected chi connectivity index (χ4v) is 1.82. The molecule has 4 heteroatoms. The van der Waals surface area contributed by atoms with Crippen LogP contribution in [-0.2, 0) is 0 Å². The second kappa shape index (κ2) is 8.36. The van der Waals surface area contributed by atoms with Gasteiger partial charge in [-0.05, 0) is 45.3 Å².